The van der Waals surface area contributed by atoms with Crippen molar-refractivity contribution in [1.29, 1.82) is 0 Å². The van der Waals surface area contributed by atoms with Crippen LogP contribution in [-0.4, -0.2) is 31.6 Å². The quantitative estimate of drug-likeness (QED) is 0.841. The Hall–Kier alpha value is -0.560. The Balaban J connectivity index is 3.17. The van der Waals surface area contributed by atoms with Crippen LogP contribution < -0.4 is 4.72 Å². The van der Waals surface area contributed by atoms with Crippen molar-refractivity contribution < 1.29 is 13.5 Å². The number of thioether (sulfide) groups is 1. The molecule has 19 heavy (non-hydrogen) atoms. The van der Waals surface area contributed by atoms with Crippen LogP contribution in [0.15, 0.2) is 17.0 Å². The standard InChI is InChI=1S/C13H21NO3S2/c1-9-5-12(7-15)6-13(11(9)3)19(16,17)14-10(2)8-18-4/h5-6,10,14-15H,7-8H2,1-4H3. The second-order valence-electron chi connectivity index (χ2n) is 4.67. The summed E-state index contributed by atoms with van der Waals surface area (Å²) in [6.07, 6.45) is 1.94. The average molecular weight is 303 g/mol. The Morgan fingerprint density at radius 3 is 2.53 bits per heavy atom. The highest BCUT2D eigenvalue weighted by Crippen LogP contribution is 2.21. The fraction of sp³-hybridized carbons (Fsp3) is 0.538. The van der Waals surface area contributed by atoms with Crippen molar-refractivity contribution in [2.24, 2.45) is 0 Å². The van der Waals surface area contributed by atoms with Crippen molar-refractivity contribution in [3.8, 4) is 0 Å². The van der Waals surface area contributed by atoms with Gasteiger partial charge in [0.05, 0.1) is 11.5 Å². The number of sulfonamides is 1. The molecule has 2 N–H and O–H groups in total. The summed E-state index contributed by atoms with van der Waals surface area (Å²) in [7, 11) is -3.54. The van der Waals surface area contributed by atoms with Crippen molar-refractivity contribution in [3.63, 3.8) is 0 Å². The molecule has 1 unspecified atom stereocenters. The van der Waals surface area contributed by atoms with E-state index < -0.39 is 10.0 Å². The molecule has 1 aromatic carbocycles. The maximum Gasteiger partial charge on any atom is 0.241 e. The van der Waals surface area contributed by atoms with Crippen molar-refractivity contribution in [3.05, 3.63) is 28.8 Å². The van der Waals surface area contributed by atoms with Gasteiger partial charge in [-0.3, -0.25) is 0 Å². The molecule has 0 saturated heterocycles. The summed E-state index contributed by atoms with van der Waals surface area (Å²) >= 11 is 1.59. The van der Waals surface area contributed by atoms with Crippen LogP contribution in [0.25, 0.3) is 0 Å². The Morgan fingerprint density at radius 1 is 1.37 bits per heavy atom. The van der Waals surface area contributed by atoms with Crippen LogP contribution in [0.5, 0.6) is 0 Å². The minimum atomic E-state index is -3.54. The molecule has 4 nitrogen and oxygen atoms in total. The fourth-order valence-corrected chi connectivity index (χ4v) is 4.18. The predicted octanol–water partition coefficient (Wildman–Crippen LogP) is 1.83. The molecule has 0 bridgehead atoms. The maximum atomic E-state index is 12.4. The lowest BCUT2D eigenvalue weighted by molar-refractivity contribution is 0.281. The zero-order chi connectivity index (χ0) is 14.6. The molecule has 0 amide bonds. The lowest BCUT2D eigenvalue weighted by Gasteiger charge is -2.16. The highest BCUT2D eigenvalue weighted by atomic mass is 32.2. The van der Waals surface area contributed by atoms with Gasteiger partial charge in [-0.15, -0.1) is 0 Å². The lowest BCUT2D eigenvalue weighted by atomic mass is 10.1. The second kappa shape index (κ2) is 6.74. The monoisotopic (exact) mass is 303 g/mol. The van der Waals surface area contributed by atoms with Gasteiger partial charge >= 0.3 is 0 Å². The number of rotatable bonds is 6. The van der Waals surface area contributed by atoms with Crippen LogP contribution in [0.1, 0.15) is 23.6 Å². The van der Waals surface area contributed by atoms with Crippen LogP contribution in [-0.2, 0) is 16.6 Å². The molecule has 108 valence electrons. The van der Waals surface area contributed by atoms with E-state index in [9.17, 15) is 13.5 Å². The predicted molar refractivity (Wildman–Crippen MR) is 80.0 cm³/mol. The molecule has 0 aliphatic carbocycles. The van der Waals surface area contributed by atoms with Gasteiger partial charge in [-0.2, -0.15) is 11.8 Å². The minimum absolute atomic E-state index is 0.127. The van der Waals surface area contributed by atoms with Crippen molar-refractivity contribution in [2.75, 3.05) is 12.0 Å². The van der Waals surface area contributed by atoms with E-state index in [-0.39, 0.29) is 17.5 Å². The third-order valence-corrected chi connectivity index (χ3v) is 5.47. The van der Waals surface area contributed by atoms with Crippen LogP contribution in [0.3, 0.4) is 0 Å². The molecule has 0 saturated carbocycles. The number of hydrogen-bond donors (Lipinski definition) is 2. The van der Waals surface area contributed by atoms with E-state index in [0.29, 0.717) is 5.56 Å². The zero-order valence-electron chi connectivity index (χ0n) is 11.7. The number of benzene rings is 1. The molecule has 0 spiro atoms. The third-order valence-electron chi connectivity index (χ3n) is 2.92. The molecule has 1 atom stereocenters. The Labute approximate surface area is 119 Å². The van der Waals surface area contributed by atoms with E-state index in [2.05, 4.69) is 4.72 Å². The summed E-state index contributed by atoms with van der Waals surface area (Å²) in [6, 6.07) is 3.22. The Kier molecular flexibility index (Phi) is 5.85. The molecule has 0 aromatic heterocycles. The average Bonchev–Trinajstić information content (AvgIpc) is 2.31. The number of aryl methyl sites for hydroxylation is 1. The van der Waals surface area contributed by atoms with Crippen molar-refractivity contribution >= 4 is 21.8 Å². The Bertz CT molecular complexity index is 541. The smallest absolute Gasteiger partial charge is 0.241 e. The van der Waals surface area contributed by atoms with Gasteiger partial charge < -0.3 is 5.11 Å². The molecule has 0 fully saturated rings. The zero-order valence-corrected chi connectivity index (χ0v) is 13.4. The SMILES string of the molecule is CSCC(C)NS(=O)(=O)c1cc(CO)cc(C)c1C. The highest BCUT2D eigenvalue weighted by molar-refractivity contribution is 7.98. The first-order chi connectivity index (χ1) is 8.81. The van der Waals surface area contributed by atoms with Crippen LogP contribution in [0.4, 0.5) is 0 Å². The van der Waals surface area contributed by atoms with Crippen molar-refractivity contribution in [2.45, 2.75) is 38.3 Å². The van der Waals surface area contributed by atoms with Gasteiger partial charge in [-0.25, -0.2) is 13.1 Å². The van der Waals surface area contributed by atoms with E-state index in [4.69, 9.17) is 0 Å². The molecular formula is C13H21NO3S2. The highest BCUT2D eigenvalue weighted by Gasteiger charge is 2.20. The summed E-state index contributed by atoms with van der Waals surface area (Å²) in [5.41, 5.74) is 2.20. The first-order valence-corrected chi connectivity index (χ1v) is 8.91. The summed E-state index contributed by atoms with van der Waals surface area (Å²) in [5.74, 6) is 0.719. The van der Waals surface area contributed by atoms with E-state index in [1.807, 2.05) is 20.1 Å². The molecule has 0 radical (unpaired) electrons. The van der Waals surface area contributed by atoms with Gasteiger partial charge in [-0.05, 0) is 49.8 Å². The first kappa shape index (κ1) is 16.5. The Morgan fingerprint density at radius 2 is 2.00 bits per heavy atom. The largest absolute Gasteiger partial charge is 0.392 e. The molecular weight excluding hydrogens is 282 g/mol. The van der Waals surface area contributed by atoms with E-state index in [0.717, 1.165) is 16.9 Å². The van der Waals surface area contributed by atoms with Gasteiger partial charge in [-0.1, -0.05) is 6.07 Å². The number of aliphatic hydroxyl groups excluding tert-OH is 1. The molecule has 1 aromatic rings. The van der Waals surface area contributed by atoms with Gasteiger partial charge in [0, 0.05) is 11.8 Å². The van der Waals surface area contributed by atoms with E-state index in [1.54, 1.807) is 24.8 Å². The molecule has 6 heteroatoms. The molecule has 0 aliphatic rings. The van der Waals surface area contributed by atoms with E-state index in [1.165, 1.54) is 6.07 Å². The molecule has 0 aliphatic heterocycles. The van der Waals surface area contributed by atoms with E-state index >= 15 is 0 Å². The van der Waals surface area contributed by atoms with Gasteiger partial charge in [0.2, 0.25) is 10.0 Å². The lowest BCUT2D eigenvalue weighted by Crippen LogP contribution is -2.34. The van der Waals surface area contributed by atoms with Gasteiger partial charge in [0.15, 0.2) is 0 Å². The molecule has 0 heterocycles. The molecule has 1 rings (SSSR count). The maximum absolute atomic E-state index is 12.4. The summed E-state index contributed by atoms with van der Waals surface area (Å²) in [4.78, 5) is 0.254. The number of aliphatic hydroxyl groups is 1. The van der Waals surface area contributed by atoms with Gasteiger partial charge in [0.25, 0.3) is 0 Å². The minimum Gasteiger partial charge on any atom is -0.392 e. The number of nitrogens with one attached hydrogen (secondary N) is 1. The topological polar surface area (TPSA) is 66.4 Å². The normalized spacial score (nSPS) is 13.5. The number of hydrogen-bond acceptors (Lipinski definition) is 4. The fourth-order valence-electron chi connectivity index (χ4n) is 1.88. The summed E-state index contributed by atoms with van der Waals surface area (Å²) < 4.78 is 27.4. The van der Waals surface area contributed by atoms with Crippen molar-refractivity contribution in [1.82, 2.24) is 4.72 Å². The summed E-state index contributed by atoms with van der Waals surface area (Å²) in [6.45, 7) is 5.30. The van der Waals surface area contributed by atoms with Crippen LogP contribution in [0, 0.1) is 13.8 Å². The van der Waals surface area contributed by atoms with Crippen LogP contribution >= 0.6 is 11.8 Å². The second-order valence-corrected chi connectivity index (χ2v) is 7.26. The van der Waals surface area contributed by atoms with Gasteiger partial charge in [0.1, 0.15) is 0 Å². The van der Waals surface area contributed by atoms with Crippen LogP contribution in [0.2, 0.25) is 0 Å². The summed E-state index contributed by atoms with van der Waals surface area (Å²) in [5, 5.41) is 9.19. The third kappa shape index (κ3) is 4.21. The first-order valence-electron chi connectivity index (χ1n) is 6.04.